The zero-order chi connectivity index (χ0) is 17.1. The topological polar surface area (TPSA) is 70.9 Å². The number of amides is 1. The molecule has 5 nitrogen and oxygen atoms in total. The number of phenolic OH excluding ortho intramolecular Hbond substituents is 1. The first-order valence-electron chi connectivity index (χ1n) is 6.97. The van der Waals surface area contributed by atoms with E-state index in [9.17, 15) is 14.3 Å². The molecule has 1 fully saturated rings. The van der Waals surface area contributed by atoms with Gasteiger partial charge in [0.15, 0.2) is 16.7 Å². The van der Waals surface area contributed by atoms with Gasteiger partial charge in [0.05, 0.1) is 17.7 Å². The largest absolute Gasteiger partial charge is 0.504 e. The Morgan fingerprint density at radius 1 is 1.25 bits per heavy atom. The number of nitrogens with one attached hydrogen (secondary N) is 1. The van der Waals surface area contributed by atoms with Crippen LogP contribution in [0.15, 0.2) is 52.4 Å². The highest BCUT2D eigenvalue weighted by Gasteiger charge is 2.23. The van der Waals surface area contributed by atoms with Gasteiger partial charge in [0.25, 0.3) is 5.91 Å². The van der Waals surface area contributed by atoms with Crippen LogP contribution in [0.3, 0.4) is 0 Å². The van der Waals surface area contributed by atoms with Crippen LogP contribution in [0.2, 0.25) is 0 Å². The van der Waals surface area contributed by atoms with E-state index in [0.29, 0.717) is 27.1 Å². The molecule has 3 rings (SSSR count). The fourth-order valence-electron chi connectivity index (χ4n) is 2.06. The van der Waals surface area contributed by atoms with Gasteiger partial charge in [0.1, 0.15) is 5.82 Å². The molecule has 0 radical (unpaired) electrons. The van der Waals surface area contributed by atoms with Crippen molar-refractivity contribution in [1.82, 2.24) is 5.32 Å². The molecule has 1 aliphatic heterocycles. The van der Waals surface area contributed by atoms with E-state index in [1.165, 1.54) is 49.2 Å². The molecule has 0 aliphatic carbocycles. The van der Waals surface area contributed by atoms with Crippen molar-refractivity contribution >= 4 is 34.6 Å². The smallest absolute Gasteiger partial charge is 0.264 e. The Hall–Kier alpha value is -2.80. The quantitative estimate of drug-likeness (QED) is 0.837. The normalized spacial score (nSPS) is 17.3. The number of hydrogen-bond acceptors (Lipinski definition) is 5. The first-order valence-corrected chi connectivity index (χ1v) is 7.79. The van der Waals surface area contributed by atoms with Crippen molar-refractivity contribution in [3.05, 3.63) is 58.8 Å². The van der Waals surface area contributed by atoms with Gasteiger partial charge in [-0.2, -0.15) is 0 Å². The van der Waals surface area contributed by atoms with Crippen LogP contribution in [-0.4, -0.2) is 23.3 Å². The molecule has 2 aromatic carbocycles. The predicted molar refractivity (Wildman–Crippen MR) is 91.9 cm³/mol. The molecular formula is C17H13FN2O3S. The van der Waals surface area contributed by atoms with Gasteiger partial charge >= 0.3 is 0 Å². The summed E-state index contributed by atoms with van der Waals surface area (Å²) in [5, 5.41) is 12.8. The molecule has 0 unspecified atom stereocenters. The van der Waals surface area contributed by atoms with Gasteiger partial charge in [0.2, 0.25) is 0 Å². The van der Waals surface area contributed by atoms with Gasteiger partial charge in [0, 0.05) is 0 Å². The Balaban J connectivity index is 1.81. The number of thioether (sulfide) groups is 1. The van der Waals surface area contributed by atoms with Crippen LogP contribution >= 0.6 is 11.8 Å². The summed E-state index contributed by atoms with van der Waals surface area (Å²) in [6, 6.07) is 10.5. The zero-order valence-corrected chi connectivity index (χ0v) is 13.4. The first kappa shape index (κ1) is 16.1. The number of rotatable bonds is 3. The lowest BCUT2D eigenvalue weighted by Gasteiger charge is -2.03. The fourth-order valence-corrected chi connectivity index (χ4v) is 2.90. The van der Waals surface area contributed by atoms with E-state index in [-0.39, 0.29) is 17.5 Å². The summed E-state index contributed by atoms with van der Waals surface area (Å²) in [7, 11) is 1.46. The second-order valence-corrected chi connectivity index (χ2v) is 5.92. The molecule has 1 aliphatic rings. The van der Waals surface area contributed by atoms with Gasteiger partial charge in [-0.3, -0.25) is 4.79 Å². The number of carbonyl (C=O) groups excluding carboxylic acids is 1. The van der Waals surface area contributed by atoms with Crippen molar-refractivity contribution in [3.63, 3.8) is 0 Å². The summed E-state index contributed by atoms with van der Waals surface area (Å²) in [4.78, 5) is 16.7. The number of hydrogen-bond donors (Lipinski definition) is 2. The molecule has 24 heavy (non-hydrogen) atoms. The minimum Gasteiger partial charge on any atom is -0.504 e. The summed E-state index contributed by atoms with van der Waals surface area (Å²) < 4.78 is 17.9. The maximum atomic E-state index is 12.9. The van der Waals surface area contributed by atoms with Crippen molar-refractivity contribution < 1.29 is 19.0 Å². The lowest BCUT2D eigenvalue weighted by Crippen LogP contribution is -2.19. The molecular weight excluding hydrogens is 331 g/mol. The zero-order valence-electron chi connectivity index (χ0n) is 12.6. The van der Waals surface area contributed by atoms with Gasteiger partial charge in [-0.25, -0.2) is 9.38 Å². The molecule has 0 atom stereocenters. The Morgan fingerprint density at radius 3 is 2.67 bits per heavy atom. The van der Waals surface area contributed by atoms with Crippen LogP contribution in [-0.2, 0) is 4.79 Å². The minimum absolute atomic E-state index is 0.00421. The van der Waals surface area contributed by atoms with E-state index >= 15 is 0 Å². The first-order chi connectivity index (χ1) is 11.5. The molecule has 1 heterocycles. The van der Waals surface area contributed by atoms with Crippen molar-refractivity contribution in [2.45, 2.75) is 0 Å². The predicted octanol–water partition coefficient (Wildman–Crippen LogP) is 3.43. The second kappa shape index (κ2) is 6.76. The van der Waals surface area contributed by atoms with E-state index in [1.807, 2.05) is 0 Å². The van der Waals surface area contributed by atoms with Crippen molar-refractivity contribution in [1.29, 1.82) is 0 Å². The number of ether oxygens (including phenoxy) is 1. The number of methoxy groups -OCH3 is 1. The SMILES string of the molecule is COc1ccc(/C=C2/SC(=Nc3ccc(F)cc3)NC2=O)cc1O. The highest BCUT2D eigenvalue weighted by Crippen LogP contribution is 2.31. The van der Waals surface area contributed by atoms with Crippen molar-refractivity contribution in [2.24, 2.45) is 4.99 Å². The lowest BCUT2D eigenvalue weighted by atomic mass is 10.2. The minimum atomic E-state index is -0.345. The summed E-state index contributed by atoms with van der Waals surface area (Å²) in [6.45, 7) is 0. The number of phenols is 1. The molecule has 7 heteroatoms. The van der Waals surface area contributed by atoms with Crippen LogP contribution in [0.1, 0.15) is 5.56 Å². The average molecular weight is 344 g/mol. The standard InChI is InChI=1S/C17H13FN2O3S/c1-23-14-7-2-10(8-13(14)21)9-15-16(22)20-17(24-15)19-12-5-3-11(18)4-6-12/h2-9,21H,1H3,(H,19,20,22)/b15-9+. The summed E-state index contributed by atoms with van der Waals surface area (Å²) in [6.07, 6.45) is 1.65. The third-order valence-electron chi connectivity index (χ3n) is 3.21. The Morgan fingerprint density at radius 2 is 2.00 bits per heavy atom. The molecule has 1 saturated heterocycles. The Kier molecular flexibility index (Phi) is 4.52. The number of benzene rings is 2. The van der Waals surface area contributed by atoms with Crippen molar-refractivity contribution in [3.8, 4) is 11.5 Å². The molecule has 0 bridgehead atoms. The van der Waals surface area contributed by atoms with Gasteiger partial charge < -0.3 is 15.2 Å². The van der Waals surface area contributed by atoms with Crippen LogP contribution in [0.25, 0.3) is 6.08 Å². The molecule has 2 aromatic rings. The maximum Gasteiger partial charge on any atom is 0.264 e. The molecule has 0 spiro atoms. The highest BCUT2D eigenvalue weighted by atomic mass is 32.2. The van der Waals surface area contributed by atoms with Crippen LogP contribution in [0.5, 0.6) is 11.5 Å². The lowest BCUT2D eigenvalue weighted by molar-refractivity contribution is -0.115. The number of aromatic hydroxyl groups is 1. The molecule has 1 amide bonds. The number of halogens is 1. The summed E-state index contributed by atoms with van der Waals surface area (Å²) >= 11 is 1.17. The van der Waals surface area contributed by atoms with Crippen LogP contribution < -0.4 is 10.1 Å². The molecule has 2 N–H and O–H groups in total. The fraction of sp³-hybridized carbons (Fsp3) is 0.0588. The Labute approximate surface area is 141 Å². The molecule has 0 saturated carbocycles. The Bertz CT molecular complexity index is 847. The molecule has 122 valence electrons. The van der Waals surface area contributed by atoms with Gasteiger partial charge in [-0.05, 0) is 59.8 Å². The highest BCUT2D eigenvalue weighted by molar-refractivity contribution is 8.18. The summed E-state index contributed by atoms with van der Waals surface area (Å²) in [5.41, 5.74) is 1.21. The maximum absolute atomic E-state index is 12.9. The monoisotopic (exact) mass is 344 g/mol. The van der Waals surface area contributed by atoms with E-state index in [2.05, 4.69) is 10.3 Å². The second-order valence-electron chi connectivity index (χ2n) is 4.89. The third-order valence-corrected chi connectivity index (χ3v) is 4.12. The molecule has 0 aromatic heterocycles. The number of nitrogens with zero attached hydrogens (tertiary/aromatic N) is 1. The number of amidine groups is 1. The van der Waals surface area contributed by atoms with E-state index < -0.39 is 0 Å². The van der Waals surface area contributed by atoms with E-state index in [0.717, 1.165) is 0 Å². The van der Waals surface area contributed by atoms with Crippen LogP contribution in [0.4, 0.5) is 10.1 Å². The van der Waals surface area contributed by atoms with Gasteiger partial charge in [-0.1, -0.05) is 6.07 Å². The van der Waals surface area contributed by atoms with Crippen LogP contribution in [0, 0.1) is 5.82 Å². The van der Waals surface area contributed by atoms with E-state index in [4.69, 9.17) is 4.74 Å². The number of aliphatic imine (C=N–C) groups is 1. The average Bonchev–Trinajstić information content (AvgIpc) is 2.89. The third kappa shape index (κ3) is 3.57. The number of carbonyl (C=O) groups is 1. The van der Waals surface area contributed by atoms with E-state index in [1.54, 1.807) is 18.2 Å². The summed E-state index contributed by atoms with van der Waals surface area (Å²) in [5.74, 6) is -0.271. The van der Waals surface area contributed by atoms with Crippen molar-refractivity contribution in [2.75, 3.05) is 7.11 Å². The van der Waals surface area contributed by atoms with Gasteiger partial charge in [-0.15, -0.1) is 0 Å².